The van der Waals surface area contributed by atoms with E-state index in [2.05, 4.69) is 10.2 Å². The lowest BCUT2D eigenvalue weighted by atomic mass is 10.1. The molecule has 5 nitrogen and oxygen atoms in total. The van der Waals surface area contributed by atoms with Gasteiger partial charge in [-0.05, 0) is 20.2 Å². The fourth-order valence-electron chi connectivity index (χ4n) is 2.19. The van der Waals surface area contributed by atoms with Crippen LogP contribution in [0.3, 0.4) is 0 Å². The highest BCUT2D eigenvalue weighted by Gasteiger charge is 2.28. The Labute approximate surface area is 123 Å². The smallest absolute Gasteiger partial charge is 0.180 e. The van der Waals surface area contributed by atoms with Crippen molar-refractivity contribution in [3.63, 3.8) is 0 Å². The van der Waals surface area contributed by atoms with Crippen LogP contribution in [0.15, 0.2) is 12.1 Å². The van der Waals surface area contributed by atoms with E-state index in [1.54, 1.807) is 19.2 Å². The van der Waals surface area contributed by atoms with Crippen LogP contribution in [-0.4, -0.2) is 57.6 Å². The fraction of sp³-hybridized carbons (Fsp3) is 0.500. The Morgan fingerprint density at radius 3 is 2.75 bits per heavy atom. The quantitative estimate of drug-likeness (QED) is 0.806. The number of methoxy groups -OCH3 is 1. The van der Waals surface area contributed by atoms with Crippen LogP contribution in [0.2, 0.25) is 5.02 Å². The van der Waals surface area contributed by atoms with Crippen molar-refractivity contribution in [2.45, 2.75) is 6.10 Å². The van der Waals surface area contributed by atoms with Crippen LogP contribution in [0.4, 0.5) is 0 Å². The summed E-state index contributed by atoms with van der Waals surface area (Å²) in [6.45, 7) is 1.90. The van der Waals surface area contributed by atoms with Gasteiger partial charge in [0.25, 0.3) is 0 Å². The zero-order valence-corrected chi connectivity index (χ0v) is 12.7. The number of rotatable bonds is 6. The number of carbonyl (C=O) groups excluding carboxylic acids is 1. The van der Waals surface area contributed by atoms with Gasteiger partial charge in [-0.2, -0.15) is 0 Å². The second kappa shape index (κ2) is 6.43. The number of hydrogen-bond donors (Lipinski definition) is 1. The maximum absolute atomic E-state index is 12.2. The third-order valence-corrected chi connectivity index (χ3v) is 3.41. The summed E-state index contributed by atoms with van der Waals surface area (Å²) < 4.78 is 11.2. The van der Waals surface area contributed by atoms with E-state index in [-0.39, 0.29) is 18.4 Å². The minimum Gasteiger partial charge on any atom is -0.493 e. The van der Waals surface area contributed by atoms with Gasteiger partial charge < -0.3 is 14.8 Å². The number of ketones is 1. The molecule has 1 N–H and O–H groups in total. The topological polar surface area (TPSA) is 50.8 Å². The minimum absolute atomic E-state index is 0.0732. The highest BCUT2D eigenvalue weighted by atomic mass is 35.5. The maximum Gasteiger partial charge on any atom is 0.180 e. The van der Waals surface area contributed by atoms with E-state index >= 15 is 0 Å². The number of Topliss-reactive ketones (excluding diaryl/α,β-unsaturated/α-hetero) is 1. The number of nitrogens with one attached hydrogen (secondary N) is 1. The van der Waals surface area contributed by atoms with E-state index in [1.807, 2.05) is 7.05 Å². The zero-order chi connectivity index (χ0) is 14.7. The SMILES string of the molecule is CNCC(=O)c1cc(Cl)cc(OC)c1OC1CN(C)C1. The van der Waals surface area contributed by atoms with Gasteiger partial charge >= 0.3 is 0 Å². The first-order chi connectivity index (χ1) is 9.55. The van der Waals surface area contributed by atoms with Crippen molar-refractivity contribution in [1.29, 1.82) is 0 Å². The van der Waals surface area contributed by atoms with Crippen LogP contribution in [0.25, 0.3) is 0 Å². The maximum atomic E-state index is 12.2. The number of carbonyl (C=O) groups is 1. The zero-order valence-electron chi connectivity index (χ0n) is 11.9. The average Bonchev–Trinajstić information content (AvgIpc) is 2.38. The van der Waals surface area contributed by atoms with Crippen molar-refractivity contribution in [1.82, 2.24) is 10.2 Å². The van der Waals surface area contributed by atoms with Crippen LogP contribution >= 0.6 is 11.6 Å². The Bertz CT molecular complexity index is 501. The Balaban J connectivity index is 2.31. The summed E-state index contributed by atoms with van der Waals surface area (Å²) in [4.78, 5) is 14.3. The first-order valence-corrected chi connectivity index (χ1v) is 6.83. The molecule has 0 amide bonds. The first-order valence-electron chi connectivity index (χ1n) is 6.45. The van der Waals surface area contributed by atoms with E-state index in [0.717, 1.165) is 13.1 Å². The molecule has 0 saturated carbocycles. The molecule has 1 aliphatic heterocycles. The molecule has 0 radical (unpaired) electrons. The number of ether oxygens (including phenoxy) is 2. The molecule has 20 heavy (non-hydrogen) atoms. The van der Waals surface area contributed by atoms with Crippen molar-refractivity contribution in [3.05, 3.63) is 22.7 Å². The third-order valence-electron chi connectivity index (χ3n) is 3.19. The van der Waals surface area contributed by atoms with E-state index in [0.29, 0.717) is 22.1 Å². The standard InChI is InChI=1S/C14H19ClN2O3/c1-16-6-12(18)11-4-9(15)5-13(19-3)14(11)20-10-7-17(2)8-10/h4-5,10,16H,6-8H2,1-3H3. The molecule has 0 spiro atoms. The number of likely N-dealkylation sites (N-methyl/N-ethyl adjacent to an activating group) is 2. The number of likely N-dealkylation sites (tertiary alicyclic amines) is 1. The van der Waals surface area contributed by atoms with E-state index in [4.69, 9.17) is 21.1 Å². The molecule has 1 aliphatic rings. The van der Waals surface area contributed by atoms with Crippen LogP contribution in [0.5, 0.6) is 11.5 Å². The van der Waals surface area contributed by atoms with Crippen molar-refractivity contribution in [2.24, 2.45) is 0 Å². The van der Waals surface area contributed by atoms with Gasteiger partial charge in [0, 0.05) is 24.2 Å². The Hall–Kier alpha value is -1.30. The number of hydrogen-bond acceptors (Lipinski definition) is 5. The lowest BCUT2D eigenvalue weighted by molar-refractivity contribution is 0.0362. The van der Waals surface area contributed by atoms with Gasteiger partial charge in [0.1, 0.15) is 6.10 Å². The summed E-state index contributed by atoms with van der Waals surface area (Å²) in [5.74, 6) is 0.901. The lowest BCUT2D eigenvalue weighted by Crippen LogP contribution is -2.51. The second-order valence-corrected chi connectivity index (χ2v) is 5.34. The highest BCUT2D eigenvalue weighted by Crippen LogP contribution is 2.36. The Kier molecular flexibility index (Phi) is 4.86. The summed E-state index contributed by atoms with van der Waals surface area (Å²) in [6, 6.07) is 3.29. The minimum atomic E-state index is -0.0732. The molecule has 0 atom stereocenters. The second-order valence-electron chi connectivity index (χ2n) is 4.90. The van der Waals surface area contributed by atoms with E-state index < -0.39 is 0 Å². The molecule has 2 rings (SSSR count). The Morgan fingerprint density at radius 2 is 2.20 bits per heavy atom. The predicted molar refractivity (Wildman–Crippen MR) is 78.2 cm³/mol. The molecule has 6 heteroatoms. The van der Waals surface area contributed by atoms with Gasteiger partial charge in [-0.3, -0.25) is 9.69 Å². The average molecular weight is 299 g/mol. The molecular weight excluding hydrogens is 280 g/mol. The van der Waals surface area contributed by atoms with E-state index in [1.165, 1.54) is 7.11 Å². The predicted octanol–water partition coefficient (Wildman–Crippen LogP) is 1.44. The number of nitrogens with zero attached hydrogens (tertiary/aromatic N) is 1. The molecule has 0 aliphatic carbocycles. The summed E-state index contributed by atoms with van der Waals surface area (Å²) in [5.41, 5.74) is 0.457. The summed E-state index contributed by atoms with van der Waals surface area (Å²) in [7, 11) is 5.28. The van der Waals surface area contributed by atoms with Gasteiger partial charge in [-0.1, -0.05) is 11.6 Å². The molecule has 110 valence electrons. The summed E-state index contributed by atoms with van der Waals surface area (Å²) in [5, 5.41) is 3.30. The van der Waals surface area contributed by atoms with Gasteiger partial charge in [-0.25, -0.2) is 0 Å². The van der Waals surface area contributed by atoms with Crippen LogP contribution < -0.4 is 14.8 Å². The van der Waals surface area contributed by atoms with Crippen molar-refractivity contribution in [2.75, 3.05) is 40.8 Å². The molecule has 1 heterocycles. The number of benzene rings is 1. The summed E-state index contributed by atoms with van der Waals surface area (Å²) in [6.07, 6.45) is 0.0798. The van der Waals surface area contributed by atoms with Crippen LogP contribution in [0.1, 0.15) is 10.4 Å². The van der Waals surface area contributed by atoms with Crippen molar-refractivity contribution in [3.8, 4) is 11.5 Å². The molecule has 1 saturated heterocycles. The third kappa shape index (κ3) is 3.23. The molecule has 0 unspecified atom stereocenters. The molecular formula is C14H19ClN2O3. The van der Waals surface area contributed by atoms with Crippen LogP contribution in [-0.2, 0) is 0 Å². The normalized spacial score (nSPS) is 15.8. The van der Waals surface area contributed by atoms with Gasteiger partial charge in [-0.15, -0.1) is 0 Å². The summed E-state index contributed by atoms with van der Waals surface area (Å²) >= 11 is 6.04. The highest BCUT2D eigenvalue weighted by molar-refractivity contribution is 6.31. The molecule has 1 fully saturated rings. The fourth-order valence-corrected chi connectivity index (χ4v) is 2.40. The van der Waals surface area contributed by atoms with Gasteiger partial charge in [0.15, 0.2) is 17.3 Å². The van der Waals surface area contributed by atoms with Crippen LogP contribution in [0, 0.1) is 0 Å². The Morgan fingerprint density at radius 1 is 1.50 bits per heavy atom. The van der Waals surface area contributed by atoms with E-state index in [9.17, 15) is 4.79 Å². The molecule has 1 aromatic rings. The largest absolute Gasteiger partial charge is 0.493 e. The lowest BCUT2D eigenvalue weighted by Gasteiger charge is -2.36. The first kappa shape index (κ1) is 15.1. The molecule has 0 bridgehead atoms. The number of halogens is 1. The molecule has 0 aromatic heterocycles. The van der Waals surface area contributed by atoms with Crippen molar-refractivity contribution >= 4 is 17.4 Å². The molecule has 1 aromatic carbocycles. The van der Waals surface area contributed by atoms with Gasteiger partial charge in [0.2, 0.25) is 0 Å². The monoisotopic (exact) mass is 298 g/mol. The van der Waals surface area contributed by atoms with Gasteiger partial charge in [0.05, 0.1) is 19.2 Å². The van der Waals surface area contributed by atoms with Crippen molar-refractivity contribution < 1.29 is 14.3 Å².